The first kappa shape index (κ1) is 12.7. The lowest BCUT2D eigenvalue weighted by Crippen LogP contribution is -2.11. The van der Waals surface area contributed by atoms with E-state index >= 15 is 0 Å². The molecular formula is C14H18BrNO. The average molecular weight is 296 g/mol. The van der Waals surface area contributed by atoms with E-state index in [1.54, 1.807) is 0 Å². The number of hydrogen-bond donors (Lipinski definition) is 1. The van der Waals surface area contributed by atoms with E-state index in [0.717, 1.165) is 4.47 Å². The van der Waals surface area contributed by atoms with Crippen LogP contribution in [0.2, 0.25) is 0 Å². The molecule has 2 nitrogen and oxygen atoms in total. The van der Waals surface area contributed by atoms with Gasteiger partial charge in [0, 0.05) is 33.5 Å². The number of halogens is 1. The molecular weight excluding hydrogens is 278 g/mol. The summed E-state index contributed by atoms with van der Waals surface area (Å²) < 4.78 is 3.41. The summed E-state index contributed by atoms with van der Waals surface area (Å²) in [6.45, 7) is 6.18. The highest BCUT2D eigenvalue weighted by Crippen LogP contribution is 2.30. The molecule has 0 spiro atoms. The molecule has 2 rings (SSSR count). The highest BCUT2D eigenvalue weighted by Gasteiger charge is 2.14. The molecule has 1 heterocycles. The minimum Gasteiger partial charge on any atom is -0.393 e. The fourth-order valence-electron chi connectivity index (χ4n) is 2.34. The summed E-state index contributed by atoms with van der Waals surface area (Å²) in [4.78, 5) is 0. The Morgan fingerprint density at radius 1 is 1.29 bits per heavy atom. The highest BCUT2D eigenvalue weighted by atomic mass is 79.9. The normalized spacial score (nSPS) is 13.5. The molecule has 92 valence electrons. The van der Waals surface area contributed by atoms with Gasteiger partial charge in [0.2, 0.25) is 0 Å². The lowest BCUT2D eigenvalue weighted by Gasteiger charge is -2.15. The summed E-state index contributed by atoms with van der Waals surface area (Å²) in [5, 5.41) is 10.8. The Bertz CT molecular complexity index is 528. The molecule has 0 saturated heterocycles. The first-order chi connectivity index (χ1) is 8.00. The topological polar surface area (TPSA) is 25.2 Å². The van der Waals surface area contributed by atoms with Gasteiger partial charge in [0.05, 0.1) is 6.10 Å². The van der Waals surface area contributed by atoms with Gasteiger partial charge in [-0.25, -0.2) is 0 Å². The molecule has 3 heteroatoms. The third-order valence-electron chi connectivity index (χ3n) is 2.93. The summed E-state index contributed by atoms with van der Waals surface area (Å²) in [5.74, 6) is 0. The summed E-state index contributed by atoms with van der Waals surface area (Å²) in [6, 6.07) is 8.81. The van der Waals surface area contributed by atoms with E-state index in [1.165, 1.54) is 16.6 Å². The number of fused-ring (bicyclic) bond motifs is 1. The Kier molecular flexibility index (Phi) is 3.59. The van der Waals surface area contributed by atoms with Crippen molar-refractivity contribution >= 4 is 26.8 Å². The van der Waals surface area contributed by atoms with E-state index < -0.39 is 0 Å². The Labute approximate surface area is 110 Å². The molecule has 17 heavy (non-hydrogen) atoms. The molecule has 0 radical (unpaired) electrons. The van der Waals surface area contributed by atoms with E-state index in [-0.39, 0.29) is 6.10 Å². The van der Waals surface area contributed by atoms with Gasteiger partial charge in [-0.15, -0.1) is 0 Å². The van der Waals surface area contributed by atoms with Gasteiger partial charge < -0.3 is 9.67 Å². The summed E-state index contributed by atoms with van der Waals surface area (Å²) in [5.41, 5.74) is 2.42. The van der Waals surface area contributed by atoms with Crippen molar-refractivity contribution in [1.82, 2.24) is 4.57 Å². The molecule has 1 unspecified atom stereocenters. The monoisotopic (exact) mass is 295 g/mol. The third-order valence-corrected chi connectivity index (χ3v) is 3.62. The van der Waals surface area contributed by atoms with Crippen LogP contribution in [0.15, 0.2) is 28.7 Å². The minimum absolute atomic E-state index is 0.310. The van der Waals surface area contributed by atoms with Crippen molar-refractivity contribution in [2.45, 2.75) is 39.3 Å². The zero-order valence-electron chi connectivity index (χ0n) is 10.4. The number of benzene rings is 1. The van der Waals surface area contributed by atoms with Gasteiger partial charge >= 0.3 is 0 Å². The standard InChI is InChI=1S/C14H18BrNO/c1-9(2)16-11(7-10(3)17)8-12-13(15)5-4-6-14(12)16/h4-6,8-10,17H,7H2,1-3H3. The number of nitrogens with zero attached hydrogens (tertiary/aromatic N) is 1. The van der Waals surface area contributed by atoms with Crippen LogP contribution in [-0.4, -0.2) is 15.8 Å². The van der Waals surface area contributed by atoms with Crippen LogP contribution in [0, 0.1) is 0 Å². The van der Waals surface area contributed by atoms with E-state index in [1.807, 2.05) is 6.92 Å². The van der Waals surface area contributed by atoms with E-state index in [0.29, 0.717) is 12.5 Å². The number of aliphatic hydroxyl groups is 1. The van der Waals surface area contributed by atoms with E-state index in [4.69, 9.17) is 0 Å². The summed E-state index contributed by atoms with van der Waals surface area (Å²) in [7, 11) is 0. The van der Waals surface area contributed by atoms with Crippen molar-refractivity contribution in [3.63, 3.8) is 0 Å². The second kappa shape index (κ2) is 4.83. The van der Waals surface area contributed by atoms with Gasteiger partial charge in [-0.2, -0.15) is 0 Å². The number of aromatic nitrogens is 1. The van der Waals surface area contributed by atoms with Gasteiger partial charge in [0.1, 0.15) is 0 Å². The van der Waals surface area contributed by atoms with Gasteiger partial charge in [0.15, 0.2) is 0 Å². The van der Waals surface area contributed by atoms with Gasteiger partial charge in [0.25, 0.3) is 0 Å². The Morgan fingerprint density at radius 2 is 2.00 bits per heavy atom. The molecule has 0 aliphatic heterocycles. The molecule has 0 amide bonds. The SMILES string of the molecule is CC(O)Cc1cc2c(Br)cccc2n1C(C)C. The van der Waals surface area contributed by atoms with Crippen LogP contribution in [0.4, 0.5) is 0 Å². The highest BCUT2D eigenvalue weighted by molar-refractivity contribution is 9.10. The van der Waals surface area contributed by atoms with E-state index in [2.05, 4.69) is 58.6 Å². The maximum absolute atomic E-state index is 9.58. The predicted molar refractivity (Wildman–Crippen MR) is 75.4 cm³/mol. The largest absolute Gasteiger partial charge is 0.393 e. The van der Waals surface area contributed by atoms with Crippen LogP contribution in [0.3, 0.4) is 0 Å². The average Bonchev–Trinajstić information content (AvgIpc) is 2.56. The van der Waals surface area contributed by atoms with Gasteiger partial charge in [-0.05, 0) is 39.0 Å². The molecule has 1 N–H and O–H groups in total. The van der Waals surface area contributed by atoms with Gasteiger partial charge in [-0.3, -0.25) is 0 Å². The maximum Gasteiger partial charge on any atom is 0.0566 e. The first-order valence-electron chi connectivity index (χ1n) is 5.97. The third kappa shape index (κ3) is 2.40. The molecule has 0 bridgehead atoms. The minimum atomic E-state index is -0.310. The fourth-order valence-corrected chi connectivity index (χ4v) is 2.81. The van der Waals surface area contributed by atoms with Crippen LogP contribution in [-0.2, 0) is 6.42 Å². The lowest BCUT2D eigenvalue weighted by atomic mass is 10.2. The number of hydrogen-bond acceptors (Lipinski definition) is 1. The van der Waals surface area contributed by atoms with Crippen molar-refractivity contribution in [1.29, 1.82) is 0 Å². The second-order valence-corrected chi connectivity index (χ2v) is 5.68. The molecule has 0 saturated carbocycles. The Balaban J connectivity index is 2.66. The smallest absolute Gasteiger partial charge is 0.0566 e. The Hall–Kier alpha value is -0.800. The predicted octanol–water partition coefficient (Wildman–Crippen LogP) is 3.91. The van der Waals surface area contributed by atoms with Crippen molar-refractivity contribution < 1.29 is 5.11 Å². The van der Waals surface area contributed by atoms with Crippen LogP contribution in [0.25, 0.3) is 10.9 Å². The first-order valence-corrected chi connectivity index (χ1v) is 6.76. The van der Waals surface area contributed by atoms with E-state index in [9.17, 15) is 5.11 Å². The molecule has 0 fully saturated rings. The second-order valence-electron chi connectivity index (χ2n) is 4.83. The molecule has 0 aliphatic carbocycles. The van der Waals surface area contributed by atoms with Crippen molar-refractivity contribution in [3.8, 4) is 0 Å². The zero-order valence-corrected chi connectivity index (χ0v) is 12.0. The summed E-state index contributed by atoms with van der Waals surface area (Å²) in [6.07, 6.45) is 0.384. The molecule has 2 aromatic rings. The van der Waals surface area contributed by atoms with Crippen LogP contribution < -0.4 is 0 Å². The van der Waals surface area contributed by atoms with Crippen LogP contribution >= 0.6 is 15.9 Å². The quantitative estimate of drug-likeness (QED) is 0.912. The molecule has 0 aliphatic rings. The number of aliphatic hydroxyl groups excluding tert-OH is 1. The molecule has 1 aromatic heterocycles. The van der Waals surface area contributed by atoms with Gasteiger partial charge in [-0.1, -0.05) is 22.0 Å². The molecule has 1 atom stereocenters. The van der Waals surface area contributed by atoms with Crippen LogP contribution in [0.5, 0.6) is 0 Å². The zero-order chi connectivity index (χ0) is 12.6. The lowest BCUT2D eigenvalue weighted by molar-refractivity contribution is 0.192. The van der Waals surface area contributed by atoms with Crippen molar-refractivity contribution in [3.05, 3.63) is 34.4 Å². The Morgan fingerprint density at radius 3 is 2.59 bits per heavy atom. The van der Waals surface area contributed by atoms with Crippen molar-refractivity contribution in [2.24, 2.45) is 0 Å². The fraction of sp³-hybridized carbons (Fsp3) is 0.429. The molecule has 1 aromatic carbocycles. The number of rotatable bonds is 3. The van der Waals surface area contributed by atoms with Crippen molar-refractivity contribution in [2.75, 3.05) is 0 Å². The maximum atomic E-state index is 9.58. The summed E-state index contributed by atoms with van der Waals surface area (Å²) >= 11 is 3.58. The van der Waals surface area contributed by atoms with Crippen LogP contribution in [0.1, 0.15) is 32.5 Å².